The first-order chi connectivity index (χ1) is 23.9. The summed E-state index contributed by atoms with van der Waals surface area (Å²) >= 11 is 3.24. The molecule has 6 N–H and O–H groups in total. The highest BCUT2D eigenvalue weighted by molar-refractivity contribution is 8.01. The quantitative estimate of drug-likeness (QED) is 0.0572. The van der Waals surface area contributed by atoms with Gasteiger partial charge in [-0.25, -0.2) is 19.1 Å². The lowest BCUT2D eigenvalue weighted by molar-refractivity contribution is -0.150. The van der Waals surface area contributed by atoms with Crippen LogP contribution in [0, 0.1) is 0 Å². The number of carboxylic acid groups (broad SMARTS) is 1. The van der Waals surface area contributed by atoms with Gasteiger partial charge in [0.15, 0.2) is 5.13 Å². The minimum Gasteiger partial charge on any atom is -0.477 e. The molecule has 0 saturated carbocycles. The molecule has 0 aromatic carbocycles. The minimum atomic E-state index is -1.31. The molecule has 4 amide bonds. The fraction of sp³-hybridized carbons (Fsp3) is 0.593. The van der Waals surface area contributed by atoms with Crippen LogP contribution in [0.2, 0.25) is 0 Å². The van der Waals surface area contributed by atoms with Crippen molar-refractivity contribution in [2.45, 2.75) is 75.9 Å². The summed E-state index contributed by atoms with van der Waals surface area (Å²) < 4.78 is 15.8. The Morgan fingerprint density at radius 1 is 1.08 bits per heavy atom. The lowest BCUT2D eigenvalue weighted by Gasteiger charge is -2.49. The molecule has 51 heavy (non-hydrogen) atoms. The molecule has 4 rings (SSSR count). The lowest BCUT2D eigenvalue weighted by atomic mass is 10.0. The highest BCUT2D eigenvalue weighted by Gasteiger charge is 2.54. The first kappa shape index (κ1) is 39.1. The van der Waals surface area contributed by atoms with Crippen LogP contribution in [0.1, 0.15) is 47.4 Å². The molecule has 2 aliphatic heterocycles. The summed E-state index contributed by atoms with van der Waals surface area (Å²) in [5.74, 6) is -2.59. The summed E-state index contributed by atoms with van der Waals surface area (Å²) in [6, 6.07) is -1.09. The van der Waals surface area contributed by atoms with Crippen molar-refractivity contribution in [1.29, 1.82) is 0 Å². The number of aromatic nitrogens is 6. The van der Waals surface area contributed by atoms with Gasteiger partial charge in [0.25, 0.3) is 11.8 Å². The standard InChI is InChI=1S/C27H38N12O9S3/c1-26(2,3)47-24(44)29-7-9-38-23(33-36-37-38)50-12-13-11-49-20-15(19(41)39(20)16(13)21(42)43)31-18(40)14(17-32-22(28)51-35-17)34-46-10-8-30-25(45)48-27(4,5)6/h15,20H,7-12H2,1-6H3,(H,29,44)(H,30,45)(H,31,40)(H,42,43)(H2,28,32,35)/t15?,20-/m0/s1. The minimum absolute atomic E-state index is 0.000128. The van der Waals surface area contributed by atoms with E-state index in [0.29, 0.717) is 10.7 Å². The molecule has 21 nitrogen and oxygen atoms in total. The summed E-state index contributed by atoms with van der Waals surface area (Å²) in [4.78, 5) is 73.1. The van der Waals surface area contributed by atoms with E-state index in [-0.39, 0.29) is 60.1 Å². The van der Waals surface area contributed by atoms with Crippen molar-refractivity contribution in [1.82, 2.24) is 50.4 Å². The van der Waals surface area contributed by atoms with Gasteiger partial charge in [-0.05, 0) is 57.5 Å². The monoisotopic (exact) mass is 770 g/mol. The topological polar surface area (TPSA) is 280 Å². The van der Waals surface area contributed by atoms with Gasteiger partial charge in [0.2, 0.25) is 16.7 Å². The normalized spacial score (nSPS) is 17.6. The number of carbonyl (C=O) groups excluding carboxylic acids is 4. The Hall–Kier alpha value is -4.71. The number of carbonyl (C=O) groups is 5. The molecule has 1 fully saturated rings. The number of fused-ring (bicyclic) bond motifs is 1. The molecule has 0 bridgehead atoms. The number of amides is 4. The Morgan fingerprint density at radius 3 is 2.35 bits per heavy atom. The van der Waals surface area contributed by atoms with Gasteiger partial charge in [-0.15, -0.1) is 16.9 Å². The molecule has 2 aliphatic rings. The summed E-state index contributed by atoms with van der Waals surface area (Å²) in [6.45, 7) is 10.6. The van der Waals surface area contributed by atoms with Gasteiger partial charge in [0.1, 0.15) is 34.9 Å². The van der Waals surface area contributed by atoms with E-state index in [9.17, 15) is 29.1 Å². The number of hydrogen-bond donors (Lipinski definition) is 5. The lowest BCUT2D eigenvalue weighted by Crippen LogP contribution is -2.71. The number of ether oxygens (including phenoxy) is 2. The van der Waals surface area contributed by atoms with Gasteiger partial charge >= 0.3 is 18.2 Å². The summed E-state index contributed by atoms with van der Waals surface area (Å²) in [6.07, 6.45) is -1.25. The zero-order valence-electron chi connectivity index (χ0n) is 28.5. The van der Waals surface area contributed by atoms with Crippen LogP contribution in [-0.2, 0) is 35.2 Å². The number of alkyl carbamates (subject to hydrolysis) is 2. The second kappa shape index (κ2) is 16.5. The number of β-lactam (4-membered cyclic amide) rings is 1. The molecular weight excluding hydrogens is 733 g/mol. The van der Waals surface area contributed by atoms with Gasteiger partial charge in [-0.2, -0.15) is 9.36 Å². The van der Waals surface area contributed by atoms with Crippen LogP contribution < -0.4 is 21.7 Å². The number of nitrogen functional groups attached to an aromatic ring is 1. The molecular formula is C27H38N12O9S3. The second-order valence-corrected chi connectivity index (χ2v) is 15.5. The fourth-order valence-corrected chi connectivity index (χ4v) is 7.14. The van der Waals surface area contributed by atoms with Crippen LogP contribution in [0.15, 0.2) is 21.6 Å². The SMILES string of the molecule is CC(C)(C)OC(=O)NCCON=C(C(=O)NC1C(=O)N2C(C(=O)O)=C(CSc3nnnn3CCNC(=O)OC(C)(C)C)CS[C@@H]12)c1nsc(N)n1. The van der Waals surface area contributed by atoms with Crippen LogP contribution in [0.5, 0.6) is 0 Å². The first-order valence-corrected chi connectivity index (χ1v) is 18.1. The van der Waals surface area contributed by atoms with Crippen molar-refractivity contribution in [3.05, 3.63) is 17.1 Å². The number of aliphatic carboxylic acids is 1. The molecule has 0 spiro atoms. The molecule has 1 saturated heterocycles. The number of carboxylic acids is 1. The molecule has 278 valence electrons. The fourth-order valence-electron chi connectivity index (χ4n) is 4.31. The molecule has 2 aromatic rings. The molecule has 1 unspecified atom stereocenters. The van der Waals surface area contributed by atoms with Crippen molar-refractivity contribution in [3.8, 4) is 0 Å². The summed E-state index contributed by atoms with van der Waals surface area (Å²) in [5.41, 5.74) is 4.22. The number of nitrogens with zero attached hydrogens (tertiary/aromatic N) is 8. The van der Waals surface area contributed by atoms with E-state index in [4.69, 9.17) is 20.0 Å². The van der Waals surface area contributed by atoms with Crippen molar-refractivity contribution in [2.75, 3.05) is 36.9 Å². The van der Waals surface area contributed by atoms with Crippen molar-refractivity contribution in [2.24, 2.45) is 5.16 Å². The maximum Gasteiger partial charge on any atom is 0.407 e. The van der Waals surface area contributed by atoms with Crippen LogP contribution in [0.4, 0.5) is 14.7 Å². The van der Waals surface area contributed by atoms with Gasteiger partial charge in [-0.1, -0.05) is 16.9 Å². The third-order valence-electron chi connectivity index (χ3n) is 6.29. The van der Waals surface area contributed by atoms with E-state index >= 15 is 0 Å². The predicted molar refractivity (Wildman–Crippen MR) is 184 cm³/mol. The zero-order valence-corrected chi connectivity index (χ0v) is 30.9. The predicted octanol–water partition coefficient (Wildman–Crippen LogP) is 0.408. The molecule has 4 heterocycles. The number of hydrogen-bond acceptors (Lipinski definition) is 18. The molecule has 24 heteroatoms. The first-order valence-electron chi connectivity index (χ1n) is 15.3. The third-order valence-corrected chi connectivity index (χ3v) is 9.21. The summed E-state index contributed by atoms with van der Waals surface area (Å²) in [5, 5.41) is 32.9. The maximum atomic E-state index is 13.3. The number of oxime groups is 1. The van der Waals surface area contributed by atoms with E-state index < -0.39 is 52.6 Å². The van der Waals surface area contributed by atoms with E-state index in [1.807, 2.05) is 0 Å². The zero-order chi connectivity index (χ0) is 37.5. The number of anilines is 1. The van der Waals surface area contributed by atoms with E-state index in [1.165, 1.54) is 28.2 Å². The number of rotatable bonds is 14. The largest absolute Gasteiger partial charge is 0.477 e. The van der Waals surface area contributed by atoms with Crippen molar-refractivity contribution >= 4 is 75.9 Å². The highest BCUT2D eigenvalue weighted by atomic mass is 32.2. The van der Waals surface area contributed by atoms with Gasteiger partial charge in [0.05, 0.1) is 13.1 Å². The Morgan fingerprint density at radius 2 is 1.75 bits per heavy atom. The van der Waals surface area contributed by atoms with Crippen molar-refractivity contribution in [3.63, 3.8) is 0 Å². The summed E-state index contributed by atoms with van der Waals surface area (Å²) in [7, 11) is 0. The second-order valence-electron chi connectivity index (χ2n) is 12.7. The maximum absolute atomic E-state index is 13.3. The van der Waals surface area contributed by atoms with Gasteiger partial charge in [-0.3, -0.25) is 14.5 Å². The Labute approximate surface area is 304 Å². The van der Waals surface area contributed by atoms with Gasteiger partial charge < -0.3 is 41.1 Å². The molecule has 0 radical (unpaired) electrons. The number of nitrogens with two attached hydrogens (primary N) is 1. The van der Waals surface area contributed by atoms with Crippen molar-refractivity contribution < 1.29 is 43.4 Å². The van der Waals surface area contributed by atoms with Crippen LogP contribution >= 0.6 is 35.1 Å². The Kier molecular flexibility index (Phi) is 12.7. The van der Waals surface area contributed by atoms with E-state index in [2.05, 4.69) is 46.0 Å². The smallest absolute Gasteiger partial charge is 0.407 e. The number of tetrazole rings is 1. The molecule has 2 aromatic heterocycles. The Balaban J connectivity index is 1.36. The average molecular weight is 771 g/mol. The molecule has 0 aliphatic carbocycles. The average Bonchev–Trinajstić information content (AvgIpc) is 3.66. The van der Waals surface area contributed by atoms with Crippen LogP contribution in [0.25, 0.3) is 0 Å². The highest BCUT2D eigenvalue weighted by Crippen LogP contribution is 2.41. The van der Waals surface area contributed by atoms with Gasteiger partial charge in [0, 0.05) is 29.6 Å². The van der Waals surface area contributed by atoms with Crippen LogP contribution in [0.3, 0.4) is 0 Å². The Bertz CT molecular complexity index is 1700. The number of nitrogens with one attached hydrogen (secondary N) is 3. The van der Waals surface area contributed by atoms with E-state index in [0.717, 1.165) is 16.4 Å². The number of thioether (sulfide) groups is 2. The van der Waals surface area contributed by atoms with E-state index in [1.54, 1.807) is 41.5 Å². The van der Waals surface area contributed by atoms with Crippen LogP contribution in [-0.4, -0.2) is 129 Å². The third kappa shape index (κ3) is 10.9. The molecule has 2 atom stereocenters.